The number of para-hydroxylation sites is 2. The van der Waals surface area contributed by atoms with Crippen molar-refractivity contribution in [2.24, 2.45) is 0 Å². The summed E-state index contributed by atoms with van der Waals surface area (Å²) in [4.78, 5) is 23.2. The van der Waals surface area contributed by atoms with Crippen molar-refractivity contribution in [3.63, 3.8) is 0 Å². The van der Waals surface area contributed by atoms with E-state index in [-0.39, 0.29) is 24.5 Å². The molecule has 0 aliphatic carbocycles. The van der Waals surface area contributed by atoms with E-state index < -0.39 is 18.0 Å². The molecule has 0 radical (unpaired) electrons. The van der Waals surface area contributed by atoms with E-state index in [1.165, 1.54) is 19.1 Å². The van der Waals surface area contributed by atoms with Crippen molar-refractivity contribution in [1.82, 2.24) is 0 Å². The van der Waals surface area contributed by atoms with Gasteiger partial charge in [-0.05, 0) is 30.7 Å². The minimum atomic E-state index is -0.982. The Morgan fingerprint density at radius 2 is 1.64 bits per heavy atom. The van der Waals surface area contributed by atoms with Crippen LogP contribution in [0.5, 0.6) is 11.5 Å². The van der Waals surface area contributed by atoms with Gasteiger partial charge in [0.05, 0.1) is 0 Å². The molecule has 6 nitrogen and oxygen atoms in total. The first-order valence-corrected chi connectivity index (χ1v) is 7.78. The number of carbonyl (C=O) groups excluding carboxylic acids is 2. The molecular formula is C19H20O6. The molecule has 132 valence electrons. The first kappa shape index (κ1) is 18.5. The number of aryl methyl sites for hydroxylation is 1. The molecule has 0 bridgehead atoms. The highest BCUT2D eigenvalue weighted by Gasteiger charge is 2.17. The Morgan fingerprint density at radius 1 is 1.00 bits per heavy atom. The van der Waals surface area contributed by atoms with Crippen molar-refractivity contribution < 1.29 is 28.9 Å². The predicted molar refractivity (Wildman–Crippen MR) is 90.7 cm³/mol. The number of hydrogen-bond donors (Lipinski definition) is 1. The summed E-state index contributed by atoms with van der Waals surface area (Å²) in [5.41, 5.74) is 1.06. The van der Waals surface area contributed by atoms with Crippen LogP contribution >= 0.6 is 0 Å². The van der Waals surface area contributed by atoms with Crippen molar-refractivity contribution in [3.05, 3.63) is 59.7 Å². The topological polar surface area (TPSA) is 82.1 Å². The quantitative estimate of drug-likeness (QED) is 0.614. The van der Waals surface area contributed by atoms with Gasteiger partial charge in [0.25, 0.3) is 0 Å². The molecule has 0 saturated heterocycles. The third kappa shape index (κ3) is 5.61. The summed E-state index contributed by atoms with van der Waals surface area (Å²) in [5, 5.41) is 9.92. The maximum absolute atomic E-state index is 12.1. The maximum atomic E-state index is 12.1. The second kappa shape index (κ2) is 8.84. The van der Waals surface area contributed by atoms with E-state index in [0.717, 1.165) is 5.56 Å². The third-order valence-electron chi connectivity index (χ3n) is 3.29. The Hall–Kier alpha value is -2.86. The monoisotopic (exact) mass is 344 g/mol. The number of esters is 2. The molecular weight excluding hydrogens is 324 g/mol. The number of rotatable bonds is 7. The number of ether oxygens (including phenoxy) is 3. The fourth-order valence-electron chi connectivity index (χ4n) is 2.08. The molecule has 1 N–H and O–H groups in total. The highest BCUT2D eigenvalue weighted by Crippen LogP contribution is 2.19. The van der Waals surface area contributed by atoms with Crippen LogP contribution in [0.4, 0.5) is 0 Å². The molecule has 2 aromatic carbocycles. The SMILES string of the molecule is CC(=O)Oc1ccccc1C(=O)OCC(O)COc1ccccc1C. The van der Waals surface area contributed by atoms with Gasteiger partial charge in [0.2, 0.25) is 0 Å². The second-order valence-corrected chi connectivity index (χ2v) is 5.42. The fraction of sp³-hybridized carbons (Fsp3) is 0.263. The van der Waals surface area contributed by atoms with Crippen LogP contribution in [-0.2, 0) is 9.53 Å². The molecule has 0 heterocycles. The summed E-state index contributed by atoms with van der Waals surface area (Å²) in [6.45, 7) is 2.89. The lowest BCUT2D eigenvalue weighted by Crippen LogP contribution is -2.25. The van der Waals surface area contributed by atoms with E-state index >= 15 is 0 Å². The van der Waals surface area contributed by atoms with Gasteiger partial charge in [0.15, 0.2) is 0 Å². The summed E-state index contributed by atoms with van der Waals surface area (Å²) in [6.07, 6.45) is -0.982. The zero-order valence-electron chi connectivity index (χ0n) is 14.1. The van der Waals surface area contributed by atoms with Crippen LogP contribution in [0, 0.1) is 6.92 Å². The van der Waals surface area contributed by atoms with E-state index in [0.29, 0.717) is 5.75 Å². The number of carbonyl (C=O) groups is 2. The Kier molecular flexibility index (Phi) is 6.54. The number of aliphatic hydroxyl groups excluding tert-OH is 1. The Labute approximate surface area is 146 Å². The zero-order chi connectivity index (χ0) is 18.2. The molecule has 2 rings (SSSR count). The van der Waals surface area contributed by atoms with Gasteiger partial charge in [-0.3, -0.25) is 4.79 Å². The lowest BCUT2D eigenvalue weighted by atomic mass is 10.2. The van der Waals surface area contributed by atoms with Crippen LogP contribution in [0.15, 0.2) is 48.5 Å². The summed E-state index contributed by atoms with van der Waals surface area (Å²) >= 11 is 0. The van der Waals surface area contributed by atoms with E-state index in [1.54, 1.807) is 18.2 Å². The molecule has 0 aliphatic heterocycles. The normalized spacial score (nSPS) is 11.5. The van der Waals surface area contributed by atoms with Crippen molar-refractivity contribution in [1.29, 1.82) is 0 Å². The van der Waals surface area contributed by atoms with Crippen molar-refractivity contribution in [2.45, 2.75) is 20.0 Å². The van der Waals surface area contributed by atoms with Crippen molar-refractivity contribution in [3.8, 4) is 11.5 Å². The lowest BCUT2D eigenvalue weighted by Gasteiger charge is -2.14. The minimum Gasteiger partial charge on any atom is -0.490 e. The van der Waals surface area contributed by atoms with Gasteiger partial charge in [0.1, 0.15) is 36.4 Å². The molecule has 0 aliphatic rings. The molecule has 0 amide bonds. The Balaban J connectivity index is 1.87. The average molecular weight is 344 g/mol. The molecule has 0 saturated carbocycles. The molecule has 0 aromatic heterocycles. The van der Waals surface area contributed by atoms with Gasteiger partial charge < -0.3 is 19.3 Å². The highest BCUT2D eigenvalue weighted by molar-refractivity contribution is 5.93. The van der Waals surface area contributed by atoms with Gasteiger partial charge in [0, 0.05) is 6.92 Å². The molecule has 0 fully saturated rings. The van der Waals surface area contributed by atoms with Crippen molar-refractivity contribution in [2.75, 3.05) is 13.2 Å². The van der Waals surface area contributed by atoms with Crippen LogP contribution in [0.3, 0.4) is 0 Å². The predicted octanol–water partition coefficient (Wildman–Crippen LogP) is 2.52. The van der Waals surface area contributed by atoms with Crippen LogP contribution in [0.2, 0.25) is 0 Å². The van der Waals surface area contributed by atoms with E-state index in [2.05, 4.69) is 0 Å². The second-order valence-electron chi connectivity index (χ2n) is 5.42. The summed E-state index contributed by atoms with van der Waals surface area (Å²) in [5.74, 6) is -0.447. The molecule has 1 unspecified atom stereocenters. The van der Waals surface area contributed by atoms with Gasteiger partial charge in [-0.1, -0.05) is 30.3 Å². The summed E-state index contributed by atoms with van der Waals surface area (Å²) in [7, 11) is 0. The van der Waals surface area contributed by atoms with Gasteiger partial charge in [-0.2, -0.15) is 0 Å². The van der Waals surface area contributed by atoms with Gasteiger partial charge in [-0.25, -0.2) is 4.79 Å². The largest absolute Gasteiger partial charge is 0.490 e. The van der Waals surface area contributed by atoms with Crippen molar-refractivity contribution >= 4 is 11.9 Å². The number of aliphatic hydroxyl groups is 1. The first-order valence-electron chi connectivity index (χ1n) is 7.78. The minimum absolute atomic E-state index is 0.0102. The molecule has 25 heavy (non-hydrogen) atoms. The number of benzene rings is 2. The van der Waals surface area contributed by atoms with Crippen LogP contribution in [-0.4, -0.2) is 36.4 Å². The smallest absolute Gasteiger partial charge is 0.342 e. The van der Waals surface area contributed by atoms with E-state index in [4.69, 9.17) is 14.2 Å². The Bertz CT molecular complexity index is 740. The van der Waals surface area contributed by atoms with Crippen LogP contribution < -0.4 is 9.47 Å². The maximum Gasteiger partial charge on any atom is 0.342 e. The summed E-state index contributed by atoms with van der Waals surface area (Å²) in [6, 6.07) is 13.7. The zero-order valence-corrected chi connectivity index (χ0v) is 14.1. The van der Waals surface area contributed by atoms with Gasteiger partial charge >= 0.3 is 11.9 Å². The molecule has 1 atom stereocenters. The fourth-order valence-corrected chi connectivity index (χ4v) is 2.08. The van der Waals surface area contributed by atoms with Crippen LogP contribution in [0.1, 0.15) is 22.8 Å². The molecule has 2 aromatic rings. The Morgan fingerprint density at radius 3 is 2.32 bits per heavy atom. The van der Waals surface area contributed by atoms with Crippen LogP contribution in [0.25, 0.3) is 0 Å². The number of hydrogen-bond acceptors (Lipinski definition) is 6. The third-order valence-corrected chi connectivity index (χ3v) is 3.29. The average Bonchev–Trinajstić information content (AvgIpc) is 2.59. The van der Waals surface area contributed by atoms with Gasteiger partial charge in [-0.15, -0.1) is 0 Å². The highest BCUT2D eigenvalue weighted by atomic mass is 16.6. The summed E-state index contributed by atoms with van der Waals surface area (Å²) < 4.78 is 15.5. The van der Waals surface area contributed by atoms with E-state index in [1.807, 2.05) is 25.1 Å². The first-order chi connectivity index (χ1) is 12.0. The molecule has 6 heteroatoms. The lowest BCUT2D eigenvalue weighted by molar-refractivity contribution is -0.131. The van der Waals surface area contributed by atoms with E-state index in [9.17, 15) is 14.7 Å². The molecule has 0 spiro atoms. The standard InChI is InChI=1S/C19H20O6/c1-13-7-3-5-9-17(13)23-11-15(21)12-24-19(22)16-8-4-6-10-18(16)25-14(2)20/h3-10,15,21H,11-12H2,1-2H3.